The molecule has 23 heavy (non-hydrogen) atoms. The van der Waals surface area contributed by atoms with Crippen LogP contribution in [-0.4, -0.2) is 58.6 Å². The van der Waals surface area contributed by atoms with Gasteiger partial charge in [0.15, 0.2) is 0 Å². The molecule has 5 heteroatoms. The van der Waals surface area contributed by atoms with Gasteiger partial charge in [-0.1, -0.05) is 18.2 Å². The first-order valence-electron chi connectivity index (χ1n) is 8.07. The largest absolute Gasteiger partial charge is 0.478 e. The Bertz CT molecular complexity index is 614. The number of aromatic carboxylic acids is 1. The van der Waals surface area contributed by atoms with Gasteiger partial charge in [-0.15, -0.1) is 0 Å². The van der Waals surface area contributed by atoms with Gasteiger partial charge in [-0.3, -0.25) is 9.89 Å². The minimum absolute atomic E-state index is 0.135. The molecule has 1 unspecified atom stereocenters. The highest BCUT2D eigenvalue weighted by atomic mass is 16.4. The van der Waals surface area contributed by atoms with Crippen LogP contribution in [0.3, 0.4) is 0 Å². The second-order valence-electron chi connectivity index (χ2n) is 6.26. The Morgan fingerprint density at radius 3 is 2.57 bits per heavy atom. The molecule has 5 nitrogen and oxygen atoms in total. The highest BCUT2D eigenvalue weighted by molar-refractivity contribution is 5.98. The molecule has 2 aliphatic heterocycles. The summed E-state index contributed by atoms with van der Waals surface area (Å²) >= 11 is 0. The molecule has 1 aromatic rings. The number of piperidine rings is 1. The van der Waals surface area contributed by atoms with Gasteiger partial charge >= 0.3 is 5.97 Å². The maximum Gasteiger partial charge on any atom is 0.335 e. The average molecular weight is 314 g/mol. The lowest BCUT2D eigenvalue weighted by Gasteiger charge is -2.29. The molecule has 0 spiro atoms. The van der Waals surface area contributed by atoms with Crippen molar-refractivity contribution in [2.45, 2.75) is 31.4 Å². The molecule has 0 saturated carbocycles. The van der Waals surface area contributed by atoms with E-state index in [0.717, 1.165) is 50.2 Å². The van der Waals surface area contributed by atoms with Gasteiger partial charge in [-0.2, -0.15) is 0 Å². The lowest BCUT2D eigenvalue weighted by molar-refractivity contribution is 0.0697. The van der Waals surface area contributed by atoms with Crippen LogP contribution in [0.2, 0.25) is 0 Å². The van der Waals surface area contributed by atoms with Crippen molar-refractivity contribution in [2.75, 3.05) is 19.6 Å². The summed E-state index contributed by atoms with van der Waals surface area (Å²) in [6, 6.07) is 7.13. The van der Waals surface area contributed by atoms with Crippen molar-refractivity contribution in [3.05, 3.63) is 47.5 Å². The fraction of sp³-hybridized carbons (Fsp3) is 0.444. The molecular formula is C18H22N2O3. The summed E-state index contributed by atoms with van der Waals surface area (Å²) in [7, 11) is 0. The van der Waals surface area contributed by atoms with Gasteiger partial charge < -0.3 is 10.2 Å². The van der Waals surface area contributed by atoms with E-state index < -0.39 is 5.97 Å². The van der Waals surface area contributed by atoms with Crippen molar-refractivity contribution in [3.63, 3.8) is 0 Å². The molecule has 0 amide bonds. The number of carbonyl (C=O) groups is 1. The number of carboxylic acids is 1. The summed E-state index contributed by atoms with van der Waals surface area (Å²) < 4.78 is 0. The molecule has 0 radical (unpaired) electrons. The fourth-order valence-corrected chi connectivity index (χ4v) is 3.06. The Hall–Kier alpha value is -1.98. The van der Waals surface area contributed by atoms with Crippen LogP contribution in [0.1, 0.15) is 28.8 Å². The van der Waals surface area contributed by atoms with Gasteiger partial charge in [-0.05, 0) is 43.0 Å². The number of aliphatic hydroxyl groups excluding tert-OH is 1. The molecule has 1 aromatic carbocycles. The van der Waals surface area contributed by atoms with E-state index in [4.69, 9.17) is 10.1 Å². The third-order valence-corrected chi connectivity index (χ3v) is 4.43. The Morgan fingerprint density at radius 2 is 1.91 bits per heavy atom. The molecule has 1 fully saturated rings. The Kier molecular flexibility index (Phi) is 4.88. The number of benzene rings is 1. The lowest BCUT2D eigenvalue weighted by Crippen LogP contribution is -2.38. The van der Waals surface area contributed by atoms with E-state index in [1.807, 2.05) is 12.1 Å². The van der Waals surface area contributed by atoms with Crippen LogP contribution >= 0.6 is 0 Å². The fourth-order valence-electron chi connectivity index (χ4n) is 3.06. The number of likely N-dealkylation sites (tertiary alicyclic amines) is 1. The predicted octanol–water partition coefficient (Wildman–Crippen LogP) is 1.76. The van der Waals surface area contributed by atoms with Gasteiger partial charge in [0.1, 0.15) is 0 Å². The normalized spacial score (nSPS) is 22.3. The van der Waals surface area contributed by atoms with Crippen LogP contribution in [0.5, 0.6) is 0 Å². The summed E-state index contributed by atoms with van der Waals surface area (Å²) in [6.07, 6.45) is 6.53. The molecule has 3 rings (SSSR count). The highest BCUT2D eigenvalue weighted by Gasteiger charge is 2.19. The minimum Gasteiger partial charge on any atom is -0.478 e. The van der Waals surface area contributed by atoms with Crippen molar-refractivity contribution < 1.29 is 15.0 Å². The molecule has 2 heterocycles. The molecule has 122 valence electrons. The Balaban J connectivity index is 1.53. The summed E-state index contributed by atoms with van der Waals surface area (Å²) in [5.41, 5.74) is 2.50. The summed E-state index contributed by atoms with van der Waals surface area (Å²) in [6.45, 7) is 2.70. The number of carboxylic acid groups (broad SMARTS) is 1. The molecule has 1 saturated heterocycles. The van der Waals surface area contributed by atoms with E-state index in [2.05, 4.69) is 17.1 Å². The van der Waals surface area contributed by atoms with E-state index in [-0.39, 0.29) is 12.1 Å². The molecule has 2 aliphatic rings. The average Bonchev–Trinajstić information content (AvgIpc) is 2.97. The van der Waals surface area contributed by atoms with E-state index in [0.29, 0.717) is 5.56 Å². The van der Waals surface area contributed by atoms with Crippen molar-refractivity contribution in [1.82, 2.24) is 4.90 Å². The maximum atomic E-state index is 10.9. The van der Waals surface area contributed by atoms with Gasteiger partial charge in [0, 0.05) is 25.3 Å². The van der Waals surface area contributed by atoms with Crippen molar-refractivity contribution in [2.24, 2.45) is 4.99 Å². The van der Waals surface area contributed by atoms with Crippen LogP contribution < -0.4 is 0 Å². The molecule has 0 aromatic heterocycles. The van der Waals surface area contributed by atoms with E-state index in [1.165, 1.54) is 0 Å². The number of aliphatic imine (C=N–C) groups is 1. The Morgan fingerprint density at radius 1 is 1.22 bits per heavy atom. The Labute approximate surface area is 136 Å². The SMILES string of the molecule is O=C(O)c1ccc(CC2C=CC(CN3CCC(O)CC3)=N2)cc1. The smallest absolute Gasteiger partial charge is 0.335 e. The van der Waals surface area contributed by atoms with Crippen molar-refractivity contribution in [1.29, 1.82) is 0 Å². The lowest BCUT2D eigenvalue weighted by atomic mass is 10.0. The molecular weight excluding hydrogens is 292 g/mol. The monoisotopic (exact) mass is 314 g/mol. The summed E-state index contributed by atoms with van der Waals surface area (Å²) in [4.78, 5) is 17.9. The summed E-state index contributed by atoms with van der Waals surface area (Å²) in [5, 5.41) is 18.5. The van der Waals surface area contributed by atoms with E-state index >= 15 is 0 Å². The van der Waals surface area contributed by atoms with Gasteiger partial charge in [0.25, 0.3) is 0 Å². The zero-order valence-electron chi connectivity index (χ0n) is 13.1. The van der Waals surface area contributed by atoms with Gasteiger partial charge in [-0.25, -0.2) is 4.79 Å². The first-order valence-corrected chi connectivity index (χ1v) is 8.07. The van der Waals surface area contributed by atoms with Crippen molar-refractivity contribution in [3.8, 4) is 0 Å². The second kappa shape index (κ2) is 7.06. The first kappa shape index (κ1) is 15.9. The maximum absolute atomic E-state index is 10.9. The summed E-state index contributed by atoms with van der Waals surface area (Å²) in [5.74, 6) is -0.899. The van der Waals surface area contributed by atoms with Crippen LogP contribution in [0.15, 0.2) is 41.4 Å². The number of rotatable bonds is 5. The zero-order valence-corrected chi connectivity index (χ0v) is 13.1. The quantitative estimate of drug-likeness (QED) is 0.868. The predicted molar refractivity (Wildman–Crippen MR) is 89.1 cm³/mol. The van der Waals surface area contributed by atoms with E-state index in [9.17, 15) is 9.90 Å². The molecule has 1 atom stereocenters. The van der Waals surface area contributed by atoms with Crippen molar-refractivity contribution >= 4 is 11.7 Å². The number of nitrogens with zero attached hydrogens (tertiary/aromatic N) is 2. The minimum atomic E-state index is -0.899. The molecule has 0 aliphatic carbocycles. The number of aliphatic hydroxyl groups is 1. The second-order valence-corrected chi connectivity index (χ2v) is 6.26. The van der Waals surface area contributed by atoms with Crippen LogP contribution in [0.4, 0.5) is 0 Å². The van der Waals surface area contributed by atoms with Crippen LogP contribution in [-0.2, 0) is 6.42 Å². The number of hydrogen-bond donors (Lipinski definition) is 2. The van der Waals surface area contributed by atoms with Crippen LogP contribution in [0, 0.1) is 0 Å². The topological polar surface area (TPSA) is 73.1 Å². The molecule has 0 bridgehead atoms. The van der Waals surface area contributed by atoms with Gasteiger partial charge in [0.2, 0.25) is 0 Å². The highest BCUT2D eigenvalue weighted by Crippen LogP contribution is 2.15. The van der Waals surface area contributed by atoms with Crippen LogP contribution in [0.25, 0.3) is 0 Å². The third-order valence-electron chi connectivity index (χ3n) is 4.43. The van der Waals surface area contributed by atoms with Gasteiger partial charge in [0.05, 0.1) is 17.7 Å². The number of hydrogen-bond acceptors (Lipinski definition) is 4. The first-order chi connectivity index (χ1) is 11.1. The molecule has 2 N–H and O–H groups in total. The zero-order chi connectivity index (χ0) is 16.2. The third kappa shape index (κ3) is 4.27. The standard InChI is InChI=1S/C18H22N2O3/c21-17-7-9-20(10-8-17)12-16-6-5-15(19-16)11-13-1-3-14(4-2-13)18(22)23/h1-6,15,17,21H,7-12H2,(H,22,23). The van der Waals surface area contributed by atoms with E-state index in [1.54, 1.807) is 12.1 Å².